The zero-order chi connectivity index (χ0) is 13.8. The molecule has 0 saturated heterocycles. The molecule has 0 bridgehead atoms. The van der Waals surface area contributed by atoms with Crippen LogP contribution >= 0.6 is 0 Å². The molecule has 0 atom stereocenters. The number of allylic oxidation sites excluding steroid dienone is 2. The van der Waals surface area contributed by atoms with Crippen molar-refractivity contribution >= 4 is 5.78 Å². The number of benzene rings is 1. The molecule has 0 amide bonds. The van der Waals surface area contributed by atoms with Crippen LogP contribution in [0, 0.1) is 0 Å². The fourth-order valence-electron chi connectivity index (χ4n) is 1.14. The molecule has 0 aliphatic heterocycles. The van der Waals surface area contributed by atoms with Gasteiger partial charge in [-0.25, -0.2) is 0 Å². The highest BCUT2D eigenvalue weighted by atomic mass is 19.3. The van der Waals surface area contributed by atoms with Gasteiger partial charge < -0.3 is 4.74 Å². The van der Waals surface area contributed by atoms with E-state index in [2.05, 4.69) is 4.74 Å². The lowest BCUT2D eigenvalue weighted by Gasteiger charge is -2.16. The first-order valence-corrected chi connectivity index (χ1v) is 4.99. The standard InChI is InChI=1S/C12H10F4O2/c1-2-3-10(17)8-4-6-9(7-5-8)18-12(15,16)11(13)14/h2-7,11H,1H3/b3-2+. The molecule has 0 aromatic heterocycles. The van der Waals surface area contributed by atoms with Crippen molar-refractivity contribution < 1.29 is 27.1 Å². The molecule has 6 heteroatoms. The van der Waals surface area contributed by atoms with Crippen LogP contribution in [0.5, 0.6) is 5.75 Å². The summed E-state index contributed by atoms with van der Waals surface area (Å²) in [5, 5.41) is 0. The highest BCUT2D eigenvalue weighted by Gasteiger charge is 2.43. The topological polar surface area (TPSA) is 26.3 Å². The smallest absolute Gasteiger partial charge is 0.428 e. The highest BCUT2D eigenvalue weighted by molar-refractivity contribution is 6.04. The van der Waals surface area contributed by atoms with E-state index in [0.29, 0.717) is 0 Å². The maximum absolute atomic E-state index is 12.6. The fourth-order valence-corrected chi connectivity index (χ4v) is 1.14. The lowest BCUT2D eigenvalue weighted by Crippen LogP contribution is -2.33. The third-order valence-corrected chi connectivity index (χ3v) is 1.96. The average molecular weight is 262 g/mol. The molecule has 0 spiro atoms. The van der Waals surface area contributed by atoms with Gasteiger partial charge in [-0.15, -0.1) is 0 Å². The van der Waals surface area contributed by atoms with Gasteiger partial charge in [0.2, 0.25) is 0 Å². The molecule has 0 radical (unpaired) electrons. The number of rotatable bonds is 5. The van der Waals surface area contributed by atoms with Gasteiger partial charge in [-0.1, -0.05) is 6.08 Å². The second-order valence-electron chi connectivity index (χ2n) is 3.35. The quantitative estimate of drug-likeness (QED) is 0.459. The molecule has 0 heterocycles. The number of carbonyl (C=O) groups is 1. The number of alkyl halides is 4. The summed E-state index contributed by atoms with van der Waals surface area (Å²) < 4.78 is 52.7. The van der Waals surface area contributed by atoms with E-state index < -0.39 is 18.3 Å². The lowest BCUT2D eigenvalue weighted by atomic mass is 10.1. The van der Waals surface area contributed by atoms with Crippen LogP contribution in [0.1, 0.15) is 17.3 Å². The summed E-state index contributed by atoms with van der Waals surface area (Å²) in [4.78, 5) is 11.4. The van der Waals surface area contributed by atoms with Gasteiger partial charge in [-0.05, 0) is 37.3 Å². The van der Waals surface area contributed by atoms with E-state index in [4.69, 9.17) is 0 Å². The molecule has 0 unspecified atom stereocenters. The number of hydrogen-bond donors (Lipinski definition) is 0. The minimum Gasteiger partial charge on any atom is -0.428 e. The van der Waals surface area contributed by atoms with E-state index >= 15 is 0 Å². The van der Waals surface area contributed by atoms with Crippen molar-refractivity contribution in [1.82, 2.24) is 0 Å². The second-order valence-corrected chi connectivity index (χ2v) is 3.35. The summed E-state index contributed by atoms with van der Waals surface area (Å²) in [5.41, 5.74) is 0.251. The Labute approximate surface area is 101 Å². The molecule has 1 rings (SSSR count). The van der Waals surface area contributed by atoms with E-state index in [1.54, 1.807) is 6.92 Å². The Bertz CT molecular complexity index is 438. The molecule has 1 aromatic rings. The second kappa shape index (κ2) is 5.66. The maximum atomic E-state index is 12.6. The van der Waals surface area contributed by atoms with Crippen LogP contribution in [0.15, 0.2) is 36.4 Å². The minimum atomic E-state index is -4.55. The minimum absolute atomic E-state index is 0.251. The Morgan fingerprint density at radius 3 is 2.28 bits per heavy atom. The van der Waals surface area contributed by atoms with Crippen LogP contribution in [0.3, 0.4) is 0 Å². The Morgan fingerprint density at radius 1 is 1.28 bits per heavy atom. The Kier molecular flexibility index (Phi) is 4.47. The molecule has 0 fully saturated rings. The van der Waals surface area contributed by atoms with E-state index in [9.17, 15) is 22.4 Å². The van der Waals surface area contributed by atoms with Gasteiger partial charge in [0.25, 0.3) is 0 Å². The molecule has 18 heavy (non-hydrogen) atoms. The van der Waals surface area contributed by atoms with Gasteiger partial charge in [0.05, 0.1) is 0 Å². The van der Waals surface area contributed by atoms with E-state index in [1.165, 1.54) is 24.3 Å². The van der Waals surface area contributed by atoms with Crippen molar-refractivity contribution in [3.05, 3.63) is 42.0 Å². The summed E-state index contributed by atoms with van der Waals surface area (Å²) >= 11 is 0. The molecule has 0 aliphatic carbocycles. The molecule has 0 aliphatic rings. The Balaban J connectivity index is 2.81. The van der Waals surface area contributed by atoms with Gasteiger partial charge in [0.1, 0.15) is 5.75 Å². The van der Waals surface area contributed by atoms with E-state index in [0.717, 1.165) is 12.1 Å². The van der Waals surface area contributed by atoms with Gasteiger partial charge in [-0.3, -0.25) is 4.79 Å². The van der Waals surface area contributed by atoms with Gasteiger partial charge >= 0.3 is 12.5 Å². The van der Waals surface area contributed by atoms with Crippen molar-refractivity contribution in [2.45, 2.75) is 19.5 Å². The molecule has 2 nitrogen and oxygen atoms in total. The van der Waals surface area contributed by atoms with Crippen molar-refractivity contribution in [1.29, 1.82) is 0 Å². The molecular formula is C12H10F4O2. The first-order valence-electron chi connectivity index (χ1n) is 4.99. The molecule has 0 saturated carbocycles. The molecule has 98 valence electrons. The Hall–Kier alpha value is -1.85. The lowest BCUT2D eigenvalue weighted by molar-refractivity contribution is -0.253. The fraction of sp³-hybridized carbons (Fsp3) is 0.250. The number of ether oxygens (including phenoxy) is 1. The van der Waals surface area contributed by atoms with Crippen LogP contribution in [0.4, 0.5) is 17.6 Å². The molecule has 1 aromatic carbocycles. The largest absolute Gasteiger partial charge is 0.461 e. The summed E-state index contributed by atoms with van der Waals surface area (Å²) in [6.45, 7) is 1.65. The predicted molar refractivity (Wildman–Crippen MR) is 57.2 cm³/mol. The third kappa shape index (κ3) is 3.58. The zero-order valence-corrected chi connectivity index (χ0v) is 9.37. The van der Waals surface area contributed by atoms with Crippen molar-refractivity contribution in [2.24, 2.45) is 0 Å². The monoisotopic (exact) mass is 262 g/mol. The maximum Gasteiger partial charge on any atom is 0.461 e. The molecular weight excluding hydrogens is 252 g/mol. The summed E-state index contributed by atoms with van der Waals surface area (Å²) in [7, 11) is 0. The number of ketones is 1. The normalized spacial score (nSPS) is 12.1. The van der Waals surface area contributed by atoms with Crippen LogP contribution in [-0.2, 0) is 0 Å². The van der Waals surface area contributed by atoms with E-state index in [1.807, 2.05) is 0 Å². The zero-order valence-electron chi connectivity index (χ0n) is 9.37. The van der Waals surface area contributed by atoms with Crippen molar-refractivity contribution in [3.63, 3.8) is 0 Å². The van der Waals surface area contributed by atoms with Crippen LogP contribution < -0.4 is 4.74 Å². The Morgan fingerprint density at radius 2 is 1.83 bits per heavy atom. The highest BCUT2D eigenvalue weighted by Crippen LogP contribution is 2.27. The van der Waals surface area contributed by atoms with Gasteiger partial charge in [0.15, 0.2) is 5.78 Å². The number of hydrogen-bond acceptors (Lipinski definition) is 2. The number of carbonyl (C=O) groups excluding carboxylic acids is 1. The first kappa shape index (κ1) is 14.2. The third-order valence-electron chi connectivity index (χ3n) is 1.96. The first-order chi connectivity index (χ1) is 8.36. The predicted octanol–water partition coefficient (Wildman–Crippen LogP) is 3.68. The van der Waals surface area contributed by atoms with Crippen molar-refractivity contribution in [2.75, 3.05) is 0 Å². The summed E-state index contributed by atoms with van der Waals surface area (Å²) in [6.07, 6.45) is -5.64. The van der Waals surface area contributed by atoms with Crippen LogP contribution in [0.2, 0.25) is 0 Å². The summed E-state index contributed by atoms with van der Waals surface area (Å²) in [6, 6.07) is 4.51. The van der Waals surface area contributed by atoms with Crippen LogP contribution in [-0.4, -0.2) is 18.3 Å². The summed E-state index contributed by atoms with van der Waals surface area (Å²) in [5.74, 6) is -0.748. The van der Waals surface area contributed by atoms with E-state index in [-0.39, 0.29) is 11.3 Å². The SMILES string of the molecule is C/C=C/C(=O)c1ccc(OC(F)(F)C(F)F)cc1. The van der Waals surface area contributed by atoms with Crippen molar-refractivity contribution in [3.8, 4) is 5.75 Å². The van der Waals surface area contributed by atoms with Gasteiger partial charge in [0, 0.05) is 5.56 Å². The number of halogens is 4. The van der Waals surface area contributed by atoms with Crippen LogP contribution in [0.25, 0.3) is 0 Å². The average Bonchev–Trinajstić information content (AvgIpc) is 2.29. The molecule has 0 N–H and O–H groups in total. The van der Waals surface area contributed by atoms with Gasteiger partial charge in [-0.2, -0.15) is 17.6 Å².